The second kappa shape index (κ2) is 9.10. The molecule has 0 radical (unpaired) electrons. The summed E-state index contributed by atoms with van der Waals surface area (Å²) in [7, 11) is 2.18. The fourth-order valence-corrected chi connectivity index (χ4v) is 5.73. The summed E-state index contributed by atoms with van der Waals surface area (Å²) in [4.78, 5) is 14.9. The van der Waals surface area contributed by atoms with Gasteiger partial charge in [-0.3, -0.25) is 4.90 Å². The minimum Gasteiger partial charge on any atom is -0.306 e. The normalized spacial score (nSPS) is 19.8. The average molecular weight is 439 g/mol. The molecule has 0 bridgehead atoms. The predicted molar refractivity (Wildman–Crippen MR) is 126 cm³/mol. The van der Waals surface area contributed by atoms with Crippen molar-refractivity contribution in [3.05, 3.63) is 58.1 Å². The van der Waals surface area contributed by atoms with Crippen molar-refractivity contribution < 1.29 is 9.08 Å². The van der Waals surface area contributed by atoms with Crippen molar-refractivity contribution in [1.29, 1.82) is 0 Å². The number of benzene rings is 2. The molecule has 1 heterocycles. The van der Waals surface area contributed by atoms with Crippen molar-refractivity contribution in [2.75, 3.05) is 23.6 Å². The number of nitrogens with one attached hydrogen (secondary N) is 3. The molecule has 5 rings (SSSR count). The number of rotatable bonds is 6. The molecular formula is C24H30N4O2S. The number of urea groups is 1. The van der Waals surface area contributed by atoms with Crippen molar-refractivity contribution in [3.63, 3.8) is 0 Å². The van der Waals surface area contributed by atoms with E-state index < -0.39 is 0 Å². The van der Waals surface area contributed by atoms with Gasteiger partial charge in [0.25, 0.3) is 0 Å². The molecule has 7 heteroatoms. The van der Waals surface area contributed by atoms with E-state index >= 15 is 0 Å². The Hall–Kier alpha value is -2.22. The van der Waals surface area contributed by atoms with Crippen molar-refractivity contribution in [3.8, 4) is 0 Å². The molecule has 3 aliphatic rings. The van der Waals surface area contributed by atoms with Crippen molar-refractivity contribution >= 4 is 29.6 Å². The van der Waals surface area contributed by atoms with Gasteiger partial charge in [-0.1, -0.05) is 18.2 Å². The molecule has 1 atom stereocenters. The molecule has 2 aromatic rings. The van der Waals surface area contributed by atoms with Crippen LogP contribution in [0.3, 0.4) is 0 Å². The summed E-state index contributed by atoms with van der Waals surface area (Å²) in [5, 5.41) is 3.06. The molecule has 6 nitrogen and oxygen atoms in total. The van der Waals surface area contributed by atoms with E-state index in [-0.39, 0.29) is 6.03 Å². The van der Waals surface area contributed by atoms with Crippen LogP contribution in [0.5, 0.6) is 0 Å². The second-order valence-corrected chi connectivity index (χ2v) is 9.36. The number of aryl methyl sites for hydroxylation is 2. The van der Waals surface area contributed by atoms with Crippen molar-refractivity contribution in [2.24, 2.45) is 0 Å². The number of hydroxylamine groups is 1. The Labute approximate surface area is 188 Å². The summed E-state index contributed by atoms with van der Waals surface area (Å²) in [6.07, 6.45) is 9.13. The molecule has 0 saturated carbocycles. The molecule has 1 fully saturated rings. The number of fused-ring (bicyclic) bond motifs is 2. The van der Waals surface area contributed by atoms with Gasteiger partial charge in [-0.25, -0.2) is 10.3 Å². The summed E-state index contributed by atoms with van der Waals surface area (Å²) in [6, 6.07) is 11.0. The highest BCUT2D eigenvalue weighted by atomic mass is 32.2. The maximum Gasteiger partial charge on any atom is 0.344 e. The zero-order valence-corrected chi connectivity index (χ0v) is 18.8. The third-order valence-corrected chi connectivity index (χ3v) is 7.35. The highest BCUT2D eigenvalue weighted by Crippen LogP contribution is 2.38. The molecule has 1 aliphatic heterocycles. The topological polar surface area (TPSA) is 65.6 Å². The fourth-order valence-electron chi connectivity index (χ4n) is 5.34. The van der Waals surface area contributed by atoms with Gasteiger partial charge < -0.3 is 10.0 Å². The summed E-state index contributed by atoms with van der Waals surface area (Å²) in [6.45, 7) is 1.16. The van der Waals surface area contributed by atoms with E-state index in [1.807, 2.05) is 0 Å². The summed E-state index contributed by atoms with van der Waals surface area (Å²) >= 11 is 1.00. The largest absolute Gasteiger partial charge is 0.344 e. The molecule has 0 spiro atoms. The fraction of sp³-hybridized carbons (Fsp3) is 0.458. The first-order valence-electron chi connectivity index (χ1n) is 11.3. The van der Waals surface area contributed by atoms with Crippen molar-refractivity contribution in [2.45, 2.75) is 57.4 Å². The Morgan fingerprint density at radius 3 is 2.39 bits per heavy atom. The minimum absolute atomic E-state index is 0.330. The van der Waals surface area contributed by atoms with Crippen LogP contribution in [-0.2, 0) is 30.0 Å². The van der Waals surface area contributed by atoms with E-state index in [1.54, 1.807) is 0 Å². The molecule has 2 aromatic carbocycles. The van der Waals surface area contributed by atoms with Crippen LogP contribution in [0.4, 0.5) is 16.2 Å². The molecule has 0 aromatic heterocycles. The lowest BCUT2D eigenvalue weighted by molar-refractivity contribution is 0.207. The van der Waals surface area contributed by atoms with Crippen LogP contribution in [0, 0.1) is 0 Å². The molecule has 1 saturated heterocycles. The van der Waals surface area contributed by atoms with Gasteiger partial charge in [0.2, 0.25) is 0 Å². The van der Waals surface area contributed by atoms with Crippen LogP contribution < -0.4 is 15.5 Å². The summed E-state index contributed by atoms with van der Waals surface area (Å²) < 4.78 is 8.41. The SMILES string of the molecule is CN1CCCC1c1ccc(NSONC(=O)Nc2c3c(cc4c2CCC4)CCC3)cc1. The Bertz CT molecular complexity index is 931. The standard InChI is InChI=1S/C24H30N4O2S/c1-28-14-4-9-22(28)16-10-12-19(13-11-16)27-31-30-26-24(29)25-23-20-7-2-5-17(20)15-18-6-3-8-21(18)23/h10-13,15,22,27H,2-9,14H2,1H3,(H2,25,26,29). The van der Waals surface area contributed by atoms with E-state index in [2.05, 4.69) is 57.8 Å². The first kappa shape index (κ1) is 20.7. The first-order chi connectivity index (χ1) is 15.2. The third-order valence-electron chi connectivity index (χ3n) is 6.86. The predicted octanol–water partition coefficient (Wildman–Crippen LogP) is 5.16. The molecule has 31 heavy (non-hydrogen) atoms. The van der Waals surface area contributed by atoms with Gasteiger partial charge in [-0.05, 0) is 105 Å². The average Bonchev–Trinajstić information content (AvgIpc) is 3.52. The van der Waals surface area contributed by atoms with Gasteiger partial charge in [0.05, 0.1) is 0 Å². The van der Waals surface area contributed by atoms with Crippen LogP contribution >= 0.6 is 12.2 Å². The van der Waals surface area contributed by atoms with Gasteiger partial charge in [0.15, 0.2) is 0 Å². The zero-order chi connectivity index (χ0) is 21.2. The molecular weight excluding hydrogens is 408 g/mol. The van der Waals surface area contributed by atoms with Crippen LogP contribution in [0.15, 0.2) is 30.3 Å². The van der Waals surface area contributed by atoms with Crippen LogP contribution in [0.1, 0.15) is 59.5 Å². The minimum atomic E-state index is -0.330. The number of hydrogen-bond acceptors (Lipinski definition) is 5. The van der Waals surface area contributed by atoms with Gasteiger partial charge in [-0.2, -0.15) is 4.28 Å². The van der Waals surface area contributed by atoms with E-state index in [4.69, 9.17) is 4.28 Å². The number of nitrogens with zero attached hydrogens (tertiary/aromatic N) is 1. The molecule has 164 valence electrons. The highest BCUT2D eigenvalue weighted by Gasteiger charge is 2.25. The lowest BCUT2D eigenvalue weighted by Crippen LogP contribution is -2.28. The quantitative estimate of drug-likeness (QED) is 0.252. The van der Waals surface area contributed by atoms with Crippen LogP contribution in [0.25, 0.3) is 0 Å². The summed E-state index contributed by atoms with van der Waals surface area (Å²) in [5.41, 5.74) is 11.2. The maximum absolute atomic E-state index is 12.5. The zero-order valence-electron chi connectivity index (χ0n) is 18.0. The van der Waals surface area contributed by atoms with Gasteiger partial charge in [0, 0.05) is 17.4 Å². The number of hydrogen-bond donors (Lipinski definition) is 3. The molecule has 3 N–H and O–H groups in total. The molecule has 1 unspecified atom stereocenters. The van der Waals surface area contributed by atoms with Gasteiger partial charge >= 0.3 is 6.03 Å². The number of amides is 2. The number of carbonyl (C=O) groups excluding carboxylic acids is 1. The van der Waals surface area contributed by atoms with E-state index in [0.29, 0.717) is 6.04 Å². The lowest BCUT2D eigenvalue weighted by Gasteiger charge is -2.20. The molecule has 2 aliphatic carbocycles. The first-order valence-corrected chi connectivity index (χ1v) is 12.1. The smallest absolute Gasteiger partial charge is 0.306 e. The van der Waals surface area contributed by atoms with E-state index in [0.717, 1.165) is 55.8 Å². The lowest BCUT2D eigenvalue weighted by atomic mass is 9.99. The Kier molecular flexibility index (Phi) is 6.07. The number of carbonyl (C=O) groups is 1. The Morgan fingerprint density at radius 1 is 1.03 bits per heavy atom. The van der Waals surface area contributed by atoms with Crippen molar-refractivity contribution in [1.82, 2.24) is 10.4 Å². The second-order valence-electron chi connectivity index (χ2n) is 8.82. The summed E-state index contributed by atoms with van der Waals surface area (Å²) in [5.74, 6) is 0. The third kappa shape index (κ3) is 4.40. The van der Waals surface area contributed by atoms with E-state index in [1.165, 1.54) is 53.5 Å². The van der Waals surface area contributed by atoms with E-state index in [9.17, 15) is 4.79 Å². The Balaban J connectivity index is 1.12. The van der Waals surface area contributed by atoms with Gasteiger partial charge in [0.1, 0.15) is 12.2 Å². The number of anilines is 2. The molecule has 2 amide bonds. The number of likely N-dealkylation sites (tertiary alicyclic amines) is 1. The Morgan fingerprint density at radius 2 is 1.74 bits per heavy atom. The maximum atomic E-state index is 12.5. The monoisotopic (exact) mass is 438 g/mol. The highest BCUT2D eigenvalue weighted by molar-refractivity contribution is 7.95. The van der Waals surface area contributed by atoms with Crippen LogP contribution in [0.2, 0.25) is 0 Å². The van der Waals surface area contributed by atoms with Gasteiger partial charge in [-0.15, -0.1) is 0 Å². The van der Waals surface area contributed by atoms with Crippen LogP contribution in [-0.4, -0.2) is 24.5 Å².